The molecule has 1 aromatic heterocycles. The van der Waals surface area contributed by atoms with Gasteiger partial charge in [-0.15, -0.1) is 6.58 Å². The highest BCUT2D eigenvalue weighted by Gasteiger charge is 2.34. The summed E-state index contributed by atoms with van der Waals surface area (Å²) in [6.07, 6.45) is 5.03. The average molecular weight is 396 g/mol. The zero-order valence-electron chi connectivity index (χ0n) is 16.2. The molecule has 29 heavy (non-hydrogen) atoms. The summed E-state index contributed by atoms with van der Waals surface area (Å²) >= 11 is 0. The lowest BCUT2D eigenvalue weighted by Gasteiger charge is -2.27. The molecule has 0 radical (unpaired) electrons. The second-order valence-electron chi connectivity index (χ2n) is 7.30. The van der Waals surface area contributed by atoms with Crippen molar-refractivity contribution in [3.63, 3.8) is 0 Å². The predicted octanol–water partition coefficient (Wildman–Crippen LogP) is 2.96. The van der Waals surface area contributed by atoms with E-state index in [9.17, 15) is 9.59 Å². The lowest BCUT2D eigenvalue weighted by atomic mass is 10.1. The molecule has 1 aliphatic carbocycles. The van der Waals surface area contributed by atoms with Gasteiger partial charge in [-0.2, -0.15) is 0 Å². The monoisotopic (exact) mass is 396 g/mol. The Bertz CT molecular complexity index is 889. The molecule has 152 valence electrons. The number of fused-ring (bicyclic) bond motifs is 1. The van der Waals surface area contributed by atoms with E-state index in [4.69, 9.17) is 13.9 Å². The lowest BCUT2D eigenvalue weighted by molar-refractivity contribution is -0.141. The van der Waals surface area contributed by atoms with Crippen molar-refractivity contribution in [1.82, 2.24) is 9.80 Å². The van der Waals surface area contributed by atoms with Gasteiger partial charge in [0.25, 0.3) is 0 Å². The van der Waals surface area contributed by atoms with Gasteiger partial charge in [-0.3, -0.25) is 9.59 Å². The van der Waals surface area contributed by atoms with Gasteiger partial charge in [0, 0.05) is 19.0 Å². The van der Waals surface area contributed by atoms with Crippen LogP contribution in [0.15, 0.2) is 53.7 Å². The number of rotatable bonds is 9. The van der Waals surface area contributed by atoms with Crippen LogP contribution in [0.2, 0.25) is 0 Å². The largest absolute Gasteiger partial charge is 0.467 e. The number of benzene rings is 1. The highest BCUT2D eigenvalue weighted by atomic mass is 16.7. The maximum atomic E-state index is 13.1. The molecule has 1 fully saturated rings. The molecular formula is C22H24N2O5. The van der Waals surface area contributed by atoms with E-state index in [2.05, 4.69) is 6.58 Å². The summed E-state index contributed by atoms with van der Waals surface area (Å²) in [4.78, 5) is 28.9. The Hall–Kier alpha value is -3.22. The van der Waals surface area contributed by atoms with E-state index >= 15 is 0 Å². The maximum Gasteiger partial charge on any atom is 0.242 e. The van der Waals surface area contributed by atoms with Crippen LogP contribution in [0.25, 0.3) is 0 Å². The predicted molar refractivity (Wildman–Crippen MR) is 105 cm³/mol. The summed E-state index contributed by atoms with van der Waals surface area (Å²) < 4.78 is 16.2. The van der Waals surface area contributed by atoms with Crippen LogP contribution in [-0.2, 0) is 22.7 Å². The first-order valence-corrected chi connectivity index (χ1v) is 9.72. The third kappa shape index (κ3) is 4.62. The summed E-state index contributed by atoms with van der Waals surface area (Å²) in [6.45, 7) is 4.99. The van der Waals surface area contributed by atoms with Gasteiger partial charge in [0.2, 0.25) is 18.6 Å². The van der Waals surface area contributed by atoms with Crippen LogP contribution in [0.1, 0.15) is 24.2 Å². The zero-order valence-corrected chi connectivity index (χ0v) is 16.2. The Kier molecular flexibility index (Phi) is 5.55. The molecule has 7 nitrogen and oxygen atoms in total. The fraction of sp³-hybridized carbons (Fsp3) is 0.364. The van der Waals surface area contributed by atoms with Crippen LogP contribution in [0, 0.1) is 5.92 Å². The second kappa shape index (κ2) is 8.43. The van der Waals surface area contributed by atoms with Crippen LogP contribution in [-0.4, -0.2) is 41.5 Å². The van der Waals surface area contributed by atoms with Crippen LogP contribution >= 0.6 is 0 Å². The van der Waals surface area contributed by atoms with E-state index in [1.54, 1.807) is 28.2 Å². The van der Waals surface area contributed by atoms with Crippen molar-refractivity contribution >= 4 is 11.8 Å². The van der Waals surface area contributed by atoms with E-state index in [1.807, 2.05) is 24.3 Å². The second-order valence-corrected chi connectivity index (χ2v) is 7.30. The molecular weight excluding hydrogens is 372 g/mol. The Labute approximate surface area is 169 Å². The summed E-state index contributed by atoms with van der Waals surface area (Å²) in [5, 5.41) is 0. The molecule has 0 spiro atoms. The van der Waals surface area contributed by atoms with E-state index in [1.165, 1.54) is 0 Å². The van der Waals surface area contributed by atoms with Gasteiger partial charge in [0.1, 0.15) is 12.3 Å². The summed E-state index contributed by atoms with van der Waals surface area (Å²) in [5.41, 5.74) is 0.915. The quantitative estimate of drug-likeness (QED) is 0.610. The van der Waals surface area contributed by atoms with Crippen molar-refractivity contribution in [1.29, 1.82) is 0 Å². The van der Waals surface area contributed by atoms with E-state index in [0.717, 1.165) is 18.4 Å². The van der Waals surface area contributed by atoms with Crippen molar-refractivity contribution < 1.29 is 23.5 Å². The van der Waals surface area contributed by atoms with Crippen molar-refractivity contribution in [3.05, 3.63) is 60.6 Å². The maximum absolute atomic E-state index is 13.1. The van der Waals surface area contributed by atoms with Gasteiger partial charge in [-0.05, 0) is 42.7 Å². The molecule has 2 aromatic rings. The van der Waals surface area contributed by atoms with Crippen molar-refractivity contribution in [2.24, 2.45) is 5.92 Å². The number of furan rings is 1. The molecule has 2 heterocycles. The van der Waals surface area contributed by atoms with E-state index in [0.29, 0.717) is 36.9 Å². The molecule has 1 aliphatic heterocycles. The molecule has 0 atom stereocenters. The highest BCUT2D eigenvalue weighted by Crippen LogP contribution is 2.33. The first kappa shape index (κ1) is 19.1. The van der Waals surface area contributed by atoms with Crippen molar-refractivity contribution in [3.8, 4) is 11.5 Å². The Morgan fingerprint density at radius 1 is 1.10 bits per heavy atom. The molecule has 2 amide bonds. The van der Waals surface area contributed by atoms with Crippen molar-refractivity contribution in [2.45, 2.75) is 25.9 Å². The molecule has 0 bridgehead atoms. The van der Waals surface area contributed by atoms with Crippen LogP contribution in [0.3, 0.4) is 0 Å². The molecule has 1 saturated carbocycles. The summed E-state index contributed by atoms with van der Waals surface area (Å²) in [6, 6.07) is 9.25. The lowest BCUT2D eigenvalue weighted by Crippen LogP contribution is -2.43. The number of nitrogens with zero attached hydrogens (tertiary/aromatic N) is 2. The minimum absolute atomic E-state index is 0.0205. The molecule has 2 aliphatic rings. The van der Waals surface area contributed by atoms with Gasteiger partial charge in [-0.1, -0.05) is 12.1 Å². The number of carbonyl (C=O) groups excluding carboxylic acids is 2. The van der Waals surface area contributed by atoms with E-state index in [-0.39, 0.29) is 31.1 Å². The number of hydrogen-bond donors (Lipinski definition) is 0. The number of carbonyl (C=O) groups is 2. The van der Waals surface area contributed by atoms with Crippen LogP contribution in [0.5, 0.6) is 11.5 Å². The number of ether oxygens (including phenoxy) is 2. The van der Waals surface area contributed by atoms with Gasteiger partial charge in [-0.25, -0.2) is 0 Å². The first-order chi connectivity index (χ1) is 14.1. The molecule has 7 heteroatoms. The molecule has 4 rings (SSSR count). The van der Waals surface area contributed by atoms with Crippen molar-refractivity contribution in [2.75, 3.05) is 19.9 Å². The average Bonchev–Trinajstić information content (AvgIpc) is 3.24. The minimum atomic E-state index is -0.144. The highest BCUT2D eigenvalue weighted by molar-refractivity contribution is 5.87. The van der Waals surface area contributed by atoms with Crippen LogP contribution < -0.4 is 9.47 Å². The standard InChI is InChI=1S/C22H24N2O5/c1-2-9-23(22(26)17-6-7-17)14-21(25)24(13-18-4-3-10-27-18)12-16-5-8-19-20(11-16)29-15-28-19/h2-5,8,10-11,17H,1,6-7,9,12-15H2. The number of amides is 2. The molecule has 1 aromatic carbocycles. The Morgan fingerprint density at radius 2 is 1.93 bits per heavy atom. The van der Waals surface area contributed by atoms with Gasteiger partial charge < -0.3 is 23.7 Å². The third-order valence-corrected chi connectivity index (χ3v) is 5.00. The summed E-state index contributed by atoms with van der Waals surface area (Å²) in [5.74, 6) is 1.99. The molecule has 0 N–H and O–H groups in total. The van der Waals surface area contributed by atoms with Gasteiger partial charge >= 0.3 is 0 Å². The van der Waals surface area contributed by atoms with E-state index < -0.39 is 0 Å². The van der Waals surface area contributed by atoms with Gasteiger partial charge in [0.05, 0.1) is 12.8 Å². The third-order valence-electron chi connectivity index (χ3n) is 5.00. The molecule has 0 unspecified atom stereocenters. The summed E-state index contributed by atoms with van der Waals surface area (Å²) in [7, 11) is 0. The topological polar surface area (TPSA) is 72.2 Å². The van der Waals surface area contributed by atoms with Crippen LogP contribution in [0.4, 0.5) is 0 Å². The normalized spacial score (nSPS) is 14.5. The first-order valence-electron chi connectivity index (χ1n) is 9.72. The smallest absolute Gasteiger partial charge is 0.242 e. The minimum Gasteiger partial charge on any atom is -0.467 e. The Morgan fingerprint density at radius 3 is 2.66 bits per heavy atom. The fourth-order valence-electron chi connectivity index (χ4n) is 3.32. The SMILES string of the molecule is C=CCN(CC(=O)N(Cc1ccc2c(c1)OCO2)Cc1ccco1)C(=O)C1CC1. The van der Waals surface area contributed by atoms with Gasteiger partial charge in [0.15, 0.2) is 11.5 Å². The zero-order chi connectivity index (χ0) is 20.2. The Balaban J connectivity index is 1.50. The number of hydrogen-bond acceptors (Lipinski definition) is 5. The molecule has 0 saturated heterocycles. The fourth-order valence-corrected chi connectivity index (χ4v) is 3.32.